The van der Waals surface area contributed by atoms with Crippen molar-refractivity contribution >= 4 is 5.97 Å². The zero-order chi connectivity index (χ0) is 12.8. The van der Waals surface area contributed by atoms with Crippen molar-refractivity contribution in [1.82, 2.24) is 15.5 Å². The van der Waals surface area contributed by atoms with Crippen LogP contribution in [0.3, 0.4) is 0 Å². The van der Waals surface area contributed by atoms with Crippen molar-refractivity contribution in [2.24, 2.45) is 0 Å². The second kappa shape index (κ2) is 6.30. The SMILES string of the molecule is CCOC(=O)C(NC)C1C(NC)=CC=CN1C. The van der Waals surface area contributed by atoms with Gasteiger partial charge in [0.15, 0.2) is 0 Å². The van der Waals surface area contributed by atoms with Crippen molar-refractivity contribution in [3.63, 3.8) is 0 Å². The fourth-order valence-corrected chi connectivity index (χ4v) is 1.98. The Labute approximate surface area is 103 Å². The number of allylic oxidation sites excluding steroid dienone is 2. The molecule has 2 atom stereocenters. The summed E-state index contributed by atoms with van der Waals surface area (Å²) in [6.07, 6.45) is 5.85. The highest BCUT2D eigenvalue weighted by atomic mass is 16.5. The van der Waals surface area contributed by atoms with Gasteiger partial charge in [0.25, 0.3) is 0 Å². The molecular formula is C12H21N3O2. The van der Waals surface area contributed by atoms with Gasteiger partial charge in [0.1, 0.15) is 6.04 Å². The maximum atomic E-state index is 11.9. The third-order valence-corrected chi connectivity index (χ3v) is 2.81. The first-order valence-corrected chi connectivity index (χ1v) is 5.77. The summed E-state index contributed by atoms with van der Waals surface area (Å²) in [5.41, 5.74) is 0.988. The highest BCUT2D eigenvalue weighted by Gasteiger charge is 2.33. The molecule has 0 aromatic rings. The summed E-state index contributed by atoms with van der Waals surface area (Å²) in [5, 5.41) is 6.14. The first kappa shape index (κ1) is 13.6. The molecule has 0 aromatic carbocycles. The Hall–Kier alpha value is -1.49. The Morgan fingerprint density at radius 2 is 2.29 bits per heavy atom. The maximum Gasteiger partial charge on any atom is 0.325 e. The maximum absolute atomic E-state index is 11.9. The van der Waals surface area contributed by atoms with Gasteiger partial charge in [-0.2, -0.15) is 0 Å². The minimum absolute atomic E-state index is 0.0750. The fourth-order valence-electron chi connectivity index (χ4n) is 1.98. The van der Waals surface area contributed by atoms with E-state index in [1.807, 2.05) is 44.3 Å². The Morgan fingerprint density at radius 3 is 2.82 bits per heavy atom. The molecule has 2 unspecified atom stereocenters. The molecule has 0 radical (unpaired) electrons. The average Bonchev–Trinajstić information content (AvgIpc) is 2.32. The smallest absolute Gasteiger partial charge is 0.325 e. The number of nitrogens with zero attached hydrogens (tertiary/aromatic N) is 1. The summed E-state index contributed by atoms with van der Waals surface area (Å²) in [7, 11) is 5.56. The van der Waals surface area contributed by atoms with Gasteiger partial charge >= 0.3 is 5.97 Å². The van der Waals surface area contributed by atoms with Gasteiger partial charge in [0, 0.05) is 19.8 Å². The largest absolute Gasteiger partial charge is 0.465 e. The van der Waals surface area contributed by atoms with Crippen LogP contribution in [0.2, 0.25) is 0 Å². The molecule has 0 spiro atoms. The number of hydrogen-bond donors (Lipinski definition) is 2. The molecule has 17 heavy (non-hydrogen) atoms. The molecule has 0 aromatic heterocycles. The van der Waals surface area contributed by atoms with Crippen molar-refractivity contribution in [2.75, 3.05) is 27.7 Å². The molecule has 5 heteroatoms. The lowest BCUT2D eigenvalue weighted by Crippen LogP contribution is -2.54. The molecule has 2 N–H and O–H groups in total. The van der Waals surface area contributed by atoms with Crippen LogP contribution in [0.1, 0.15) is 6.92 Å². The molecule has 5 nitrogen and oxygen atoms in total. The summed E-state index contributed by atoms with van der Waals surface area (Å²) in [5.74, 6) is -0.233. The molecule has 96 valence electrons. The number of carbonyl (C=O) groups excluding carboxylic acids is 1. The van der Waals surface area contributed by atoms with Crippen LogP contribution in [0.15, 0.2) is 24.0 Å². The van der Waals surface area contributed by atoms with Crippen molar-refractivity contribution in [2.45, 2.75) is 19.0 Å². The molecule has 1 aliphatic rings. The van der Waals surface area contributed by atoms with Gasteiger partial charge in [-0.05, 0) is 32.3 Å². The van der Waals surface area contributed by atoms with Gasteiger partial charge in [0.05, 0.1) is 12.6 Å². The molecule has 0 bridgehead atoms. The Balaban J connectivity index is 2.89. The van der Waals surface area contributed by atoms with Crippen LogP contribution in [-0.4, -0.2) is 50.7 Å². The quantitative estimate of drug-likeness (QED) is 0.665. The molecule has 0 fully saturated rings. The van der Waals surface area contributed by atoms with E-state index in [0.717, 1.165) is 5.70 Å². The standard InChI is InChI=1S/C12H21N3O2/c1-5-17-12(16)10(14-3)11-9(13-2)7-6-8-15(11)4/h6-8,10-11,13-14H,5H2,1-4H3. The zero-order valence-corrected chi connectivity index (χ0v) is 10.9. The molecule has 1 rings (SSSR count). The summed E-state index contributed by atoms with van der Waals surface area (Å²) in [6, 6.07) is -0.461. The van der Waals surface area contributed by atoms with E-state index in [4.69, 9.17) is 4.74 Å². The van der Waals surface area contributed by atoms with Crippen LogP contribution >= 0.6 is 0 Å². The molecular weight excluding hydrogens is 218 g/mol. The number of nitrogens with one attached hydrogen (secondary N) is 2. The number of rotatable bonds is 5. The lowest BCUT2D eigenvalue weighted by Gasteiger charge is -2.35. The van der Waals surface area contributed by atoms with Crippen LogP contribution in [0.25, 0.3) is 0 Å². The van der Waals surface area contributed by atoms with Gasteiger partial charge < -0.3 is 20.3 Å². The van der Waals surface area contributed by atoms with E-state index in [9.17, 15) is 4.79 Å². The van der Waals surface area contributed by atoms with E-state index in [1.165, 1.54) is 0 Å². The van der Waals surface area contributed by atoms with Crippen LogP contribution < -0.4 is 10.6 Å². The zero-order valence-electron chi connectivity index (χ0n) is 10.9. The number of hydrogen-bond acceptors (Lipinski definition) is 5. The highest BCUT2D eigenvalue weighted by molar-refractivity contribution is 5.77. The highest BCUT2D eigenvalue weighted by Crippen LogP contribution is 2.17. The molecule has 0 saturated carbocycles. The van der Waals surface area contributed by atoms with Gasteiger partial charge in [0.2, 0.25) is 0 Å². The summed E-state index contributed by atoms with van der Waals surface area (Å²) >= 11 is 0. The molecule has 0 saturated heterocycles. The Bertz CT molecular complexity index is 326. The van der Waals surface area contributed by atoms with Crippen LogP contribution in [0.5, 0.6) is 0 Å². The van der Waals surface area contributed by atoms with Gasteiger partial charge in [-0.25, -0.2) is 0 Å². The number of carbonyl (C=O) groups is 1. The van der Waals surface area contributed by atoms with E-state index in [1.54, 1.807) is 7.05 Å². The lowest BCUT2D eigenvalue weighted by atomic mass is 10.0. The normalized spacial score (nSPS) is 20.8. The van der Waals surface area contributed by atoms with Crippen LogP contribution in [0.4, 0.5) is 0 Å². The summed E-state index contributed by atoms with van der Waals surface area (Å²) in [6.45, 7) is 2.20. The number of likely N-dealkylation sites (N-methyl/N-ethyl adjacent to an activating group) is 3. The third-order valence-electron chi connectivity index (χ3n) is 2.81. The van der Waals surface area contributed by atoms with E-state index < -0.39 is 0 Å². The monoisotopic (exact) mass is 239 g/mol. The van der Waals surface area contributed by atoms with E-state index >= 15 is 0 Å². The molecule has 1 heterocycles. The fraction of sp³-hybridized carbons (Fsp3) is 0.583. The molecule has 1 aliphatic heterocycles. The van der Waals surface area contributed by atoms with Crippen LogP contribution in [0, 0.1) is 0 Å². The van der Waals surface area contributed by atoms with Crippen molar-refractivity contribution in [1.29, 1.82) is 0 Å². The second-order valence-electron chi connectivity index (χ2n) is 3.84. The molecule has 0 amide bonds. The number of ether oxygens (including phenoxy) is 1. The topological polar surface area (TPSA) is 53.6 Å². The average molecular weight is 239 g/mol. The van der Waals surface area contributed by atoms with Crippen LogP contribution in [-0.2, 0) is 9.53 Å². The van der Waals surface area contributed by atoms with Gasteiger partial charge in [-0.3, -0.25) is 4.79 Å². The third kappa shape index (κ3) is 3.00. The van der Waals surface area contributed by atoms with Crippen molar-refractivity contribution in [3.05, 3.63) is 24.0 Å². The van der Waals surface area contributed by atoms with Gasteiger partial charge in [-0.1, -0.05) is 0 Å². The van der Waals surface area contributed by atoms with E-state index in [0.29, 0.717) is 6.61 Å². The number of esters is 1. The minimum atomic E-state index is -0.386. The first-order chi connectivity index (χ1) is 8.15. The predicted octanol–water partition coefficient (Wildman–Crippen LogP) is 0.0685. The summed E-state index contributed by atoms with van der Waals surface area (Å²) in [4.78, 5) is 13.9. The first-order valence-electron chi connectivity index (χ1n) is 5.77. The molecule has 0 aliphatic carbocycles. The van der Waals surface area contributed by atoms with Crippen molar-refractivity contribution < 1.29 is 9.53 Å². The van der Waals surface area contributed by atoms with Crippen molar-refractivity contribution in [3.8, 4) is 0 Å². The lowest BCUT2D eigenvalue weighted by molar-refractivity contribution is -0.146. The van der Waals surface area contributed by atoms with E-state index in [2.05, 4.69) is 10.6 Å². The van der Waals surface area contributed by atoms with E-state index in [-0.39, 0.29) is 18.1 Å². The second-order valence-corrected chi connectivity index (χ2v) is 3.84. The Kier molecular flexibility index (Phi) is 5.03. The summed E-state index contributed by atoms with van der Waals surface area (Å²) < 4.78 is 5.08. The predicted molar refractivity (Wildman–Crippen MR) is 67.3 cm³/mol. The Morgan fingerprint density at radius 1 is 1.59 bits per heavy atom. The van der Waals surface area contributed by atoms with Gasteiger partial charge in [-0.15, -0.1) is 0 Å². The minimum Gasteiger partial charge on any atom is -0.465 e.